The summed E-state index contributed by atoms with van der Waals surface area (Å²) in [7, 11) is 0. The van der Waals surface area contributed by atoms with Crippen molar-refractivity contribution in [3.8, 4) is 0 Å². The molecular formula is C20H38. The lowest BCUT2D eigenvalue weighted by atomic mass is 10.1. The van der Waals surface area contributed by atoms with Gasteiger partial charge in [0.25, 0.3) is 0 Å². The maximum atomic E-state index is 3.88. The second-order valence-corrected chi connectivity index (χ2v) is 6.00. The van der Waals surface area contributed by atoms with Gasteiger partial charge in [0.15, 0.2) is 0 Å². The van der Waals surface area contributed by atoms with E-state index in [9.17, 15) is 0 Å². The van der Waals surface area contributed by atoms with Crippen molar-refractivity contribution in [3.05, 3.63) is 26.0 Å². The topological polar surface area (TPSA) is 0 Å². The minimum atomic E-state index is 1.11. The molecule has 0 saturated carbocycles. The SMILES string of the molecule is [CH2]CCCCCCC/C=C/CCCCCCCCC[CH2]. The Kier molecular flexibility index (Phi) is 18.5. The molecule has 0 fully saturated rings. The van der Waals surface area contributed by atoms with Crippen LogP contribution in [-0.2, 0) is 0 Å². The maximum absolute atomic E-state index is 3.88. The molecule has 0 rings (SSSR count). The summed E-state index contributed by atoms with van der Waals surface area (Å²) in [5.41, 5.74) is 0. The van der Waals surface area contributed by atoms with Crippen molar-refractivity contribution in [1.29, 1.82) is 0 Å². The molecule has 118 valence electrons. The third kappa shape index (κ3) is 17.7. The first-order chi connectivity index (χ1) is 9.91. The van der Waals surface area contributed by atoms with Gasteiger partial charge in [0.05, 0.1) is 0 Å². The standard InChI is InChI=1S/C20H38/c1-3-5-7-9-11-13-15-17-19-20-18-16-14-12-10-8-6-4-2/h17,19H,1-16,18,20H2/b19-17+. The van der Waals surface area contributed by atoms with Crippen LogP contribution in [0.25, 0.3) is 0 Å². The van der Waals surface area contributed by atoms with Crippen LogP contribution in [0.3, 0.4) is 0 Å². The largest absolute Gasteiger partial charge is 0.0885 e. The Bertz CT molecular complexity index is 180. The van der Waals surface area contributed by atoms with E-state index in [1.807, 2.05) is 0 Å². The van der Waals surface area contributed by atoms with Crippen LogP contribution >= 0.6 is 0 Å². The van der Waals surface area contributed by atoms with E-state index in [1.165, 1.54) is 89.9 Å². The first kappa shape index (κ1) is 19.7. The van der Waals surface area contributed by atoms with Crippen molar-refractivity contribution in [1.82, 2.24) is 0 Å². The molecule has 0 heteroatoms. The van der Waals surface area contributed by atoms with Gasteiger partial charge in [-0.15, -0.1) is 0 Å². The van der Waals surface area contributed by atoms with Gasteiger partial charge in [-0.05, 0) is 25.7 Å². The van der Waals surface area contributed by atoms with Gasteiger partial charge in [-0.25, -0.2) is 0 Å². The van der Waals surface area contributed by atoms with Gasteiger partial charge in [-0.2, -0.15) is 0 Å². The fourth-order valence-electron chi connectivity index (χ4n) is 2.53. The Morgan fingerprint density at radius 1 is 0.400 bits per heavy atom. The fraction of sp³-hybridized carbons (Fsp3) is 0.800. The molecule has 2 radical (unpaired) electrons. The van der Waals surface area contributed by atoms with E-state index in [1.54, 1.807) is 0 Å². The molecule has 0 aromatic heterocycles. The molecule has 20 heavy (non-hydrogen) atoms. The first-order valence-corrected chi connectivity index (χ1v) is 9.15. The Balaban J connectivity index is 3.01. The molecule has 0 spiro atoms. The summed E-state index contributed by atoms with van der Waals surface area (Å²) < 4.78 is 0. The van der Waals surface area contributed by atoms with Crippen molar-refractivity contribution in [3.63, 3.8) is 0 Å². The van der Waals surface area contributed by atoms with Gasteiger partial charge in [0, 0.05) is 0 Å². The summed E-state index contributed by atoms with van der Waals surface area (Å²) in [6, 6.07) is 0. The average molecular weight is 279 g/mol. The second kappa shape index (κ2) is 18.7. The van der Waals surface area contributed by atoms with Gasteiger partial charge in [-0.3, -0.25) is 0 Å². The fourth-order valence-corrected chi connectivity index (χ4v) is 2.53. The Morgan fingerprint density at radius 2 is 0.700 bits per heavy atom. The highest BCUT2D eigenvalue weighted by molar-refractivity contribution is 4.81. The summed E-state index contributed by atoms with van der Waals surface area (Å²) >= 11 is 0. The van der Waals surface area contributed by atoms with E-state index in [0.29, 0.717) is 0 Å². The normalized spacial score (nSPS) is 11.5. The number of rotatable bonds is 16. The van der Waals surface area contributed by atoms with E-state index in [0.717, 1.165) is 12.8 Å². The zero-order chi connectivity index (χ0) is 14.7. The molecule has 0 aliphatic heterocycles. The lowest BCUT2D eigenvalue weighted by molar-refractivity contribution is 0.583. The van der Waals surface area contributed by atoms with Crippen LogP contribution in [0.2, 0.25) is 0 Å². The predicted octanol–water partition coefficient (Wildman–Crippen LogP) is 7.45. The highest BCUT2D eigenvalue weighted by Gasteiger charge is 1.91. The van der Waals surface area contributed by atoms with Crippen molar-refractivity contribution < 1.29 is 0 Å². The lowest BCUT2D eigenvalue weighted by Crippen LogP contribution is -1.80. The molecular weight excluding hydrogens is 240 g/mol. The third-order valence-electron chi connectivity index (χ3n) is 3.91. The van der Waals surface area contributed by atoms with Crippen molar-refractivity contribution >= 4 is 0 Å². The quantitative estimate of drug-likeness (QED) is 0.203. The molecule has 0 unspecified atom stereocenters. The van der Waals surface area contributed by atoms with Crippen LogP contribution < -0.4 is 0 Å². The van der Waals surface area contributed by atoms with Gasteiger partial charge in [0.2, 0.25) is 0 Å². The Hall–Kier alpha value is -0.260. The molecule has 0 N–H and O–H groups in total. The number of hydrogen-bond acceptors (Lipinski definition) is 0. The van der Waals surface area contributed by atoms with E-state index in [4.69, 9.17) is 0 Å². The summed E-state index contributed by atoms with van der Waals surface area (Å²) in [6.07, 6.45) is 26.2. The molecule has 0 aliphatic rings. The molecule has 0 aliphatic carbocycles. The molecule has 0 atom stereocenters. The summed E-state index contributed by atoms with van der Waals surface area (Å²) in [6.45, 7) is 7.76. The van der Waals surface area contributed by atoms with E-state index in [-0.39, 0.29) is 0 Å². The van der Waals surface area contributed by atoms with Crippen LogP contribution in [-0.4, -0.2) is 0 Å². The number of allylic oxidation sites excluding steroid dienone is 2. The predicted molar refractivity (Wildman–Crippen MR) is 93.7 cm³/mol. The van der Waals surface area contributed by atoms with Crippen LogP contribution in [0, 0.1) is 13.8 Å². The third-order valence-corrected chi connectivity index (χ3v) is 3.91. The van der Waals surface area contributed by atoms with E-state index in [2.05, 4.69) is 26.0 Å². The molecule has 0 heterocycles. The van der Waals surface area contributed by atoms with Gasteiger partial charge >= 0.3 is 0 Å². The maximum Gasteiger partial charge on any atom is -0.0351 e. The van der Waals surface area contributed by atoms with Gasteiger partial charge in [0.1, 0.15) is 0 Å². The molecule has 0 aromatic carbocycles. The summed E-state index contributed by atoms with van der Waals surface area (Å²) in [5, 5.41) is 0. The van der Waals surface area contributed by atoms with E-state index < -0.39 is 0 Å². The molecule has 0 amide bonds. The molecule has 0 saturated heterocycles. The van der Waals surface area contributed by atoms with Crippen LogP contribution in [0.5, 0.6) is 0 Å². The molecule has 0 bridgehead atoms. The molecule has 0 aromatic rings. The summed E-state index contributed by atoms with van der Waals surface area (Å²) in [4.78, 5) is 0. The second-order valence-electron chi connectivity index (χ2n) is 6.00. The van der Waals surface area contributed by atoms with E-state index >= 15 is 0 Å². The van der Waals surface area contributed by atoms with Crippen molar-refractivity contribution in [2.24, 2.45) is 0 Å². The Labute approximate surface area is 129 Å². The molecule has 0 nitrogen and oxygen atoms in total. The smallest absolute Gasteiger partial charge is 0.0351 e. The van der Waals surface area contributed by atoms with Crippen molar-refractivity contribution in [2.45, 2.75) is 103 Å². The highest BCUT2D eigenvalue weighted by atomic mass is 14.0. The monoisotopic (exact) mass is 278 g/mol. The zero-order valence-electron chi connectivity index (χ0n) is 13.9. The minimum absolute atomic E-state index is 1.11. The average Bonchev–Trinajstić information content (AvgIpc) is 2.47. The zero-order valence-corrected chi connectivity index (χ0v) is 13.9. The lowest BCUT2D eigenvalue weighted by Gasteiger charge is -2.00. The van der Waals surface area contributed by atoms with Crippen LogP contribution in [0.4, 0.5) is 0 Å². The number of hydrogen-bond donors (Lipinski definition) is 0. The van der Waals surface area contributed by atoms with Gasteiger partial charge < -0.3 is 0 Å². The first-order valence-electron chi connectivity index (χ1n) is 9.15. The Morgan fingerprint density at radius 3 is 1.05 bits per heavy atom. The van der Waals surface area contributed by atoms with Gasteiger partial charge in [-0.1, -0.05) is 103 Å². The highest BCUT2D eigenvalue weighted by Crippen LogP contribution is 2.10. The number of unbranched alkanes of at least 4 members (excludes halogenated alkanes) is 14. The summed E-state index contributed by atoms with van der Waals surface area (Å²) in [5.74, 6) is 0. The minimum Gasteiger partial charge on any atom is -0.0885 e. The van der Waals surface area contributed by atoms with Crippen LogP contribution in [0.1, 0.15) is 103 Å². The van der Waals surface area contributed by atoms with Crippen molar-refractivity contribution in [2.75, 3.05) is 0 Å². The van der Waals surface area contributed by atoms with Crippen LogP contribution in [0.15, 0.2) is 12.2 Å².